The first-order chi connectivity index (χ1) is 21.6. The zero-order valence-corrected chi connectivity index (χ0v) is 26.1. The minimum absolute atomic E-state index is 0.0152. The molecule has 4 aromatic carbocycles. The van der Waals surface area contributed by atoms with E-state index >= 15 is 0 Å². The lowest BCUT2D eigenvalue weighted by Gasteiger charge is -2.38. The number of urea groups is 1. The van der Waals surface area contributed by atoms with Crippen molar-refractivity contribution in [2.75, 3.05) is 36.5 Å². The predicted molar refractivity (Wildman–Crippen MR) is 174 cm³/mol. The first kappa shape index (κ1) is 31.8. The Morgan fingerprint density at radius 3 is 2.11 bits per heavy atom. The molecule has 0 aromatic heterocycles. The van der Waals surface area contributed by atoms with Gasteiger partial charge in [-0.05, 0) is 85.1 Å². The normalized spacial score (nSPS) is 14.0. The number of hydrogen-bond donors (Lipinski definition) is 2. The summed E-state index contributed by atoms with van der Waals surface area (Å²) in [6.45, 7) is 2.80. The van der Waals surface area contributed by atoms with Gasteiger partial charge in [0.1, 0.15) is 23.1 Å². The number of hydrogen-bond acceptors (Lipinski definition) is 6. The van der Waals surface area contributed by atoms with Gasteiger partial charge in [0.25, 0.3) is 0 Å². The van der Waals surface area contributed by atoms with Gasteiger partial charge in [0, 0.05) is 42.6 Å². The summed E-state index contributed by atoms with van der Waals surface area (Å²) in [4.78, 5) is 17.8. The highest BCUT2D eigenvalue weighted by Crippen LogP contribution is 2.27. The maximum atomic E-state index is 13.5. The van der Waals surface area contributed by atoms with Crippen molar-refractivity contribution in [3.8, 4) is 17.2 Å². The first-order valence-electron chi connectivity index (χ1n) is 14.7. The molecule has 4 aromatic rings. The van der Waals surface area contributed by atoms with E-state index in [9.17, 15) is 17.6 Å². The van der Waals surface area contributed by atoms with Crippen LogP contribution in [0, 0.1) is 5.82 Å². The van der Waals surface area contributed by atoms with E-state index in [1.54, 1.807) is 43.5 Å². The van der Waals surface area contributed by atoms with Crippen LogP contribution in [-0.4, -0.2) is 56.7 Å². The van der Waals surface area contributed by atoms with Gasteiger partial charge in [-0.2, -0.15) is 0 Å². The molecule has 45 heavy (non-hydrogen) atoms. The van der Waals surface area contributed by atoms with Gasteiger partial charge in [-0.3, -0.25) is 9.62 Å². The number of anilines is 2. The molecular weight excluding hydrogens is 595 g/mol. The molecule has 1 aliphatic rings. The molecule has 0 spiro atoms. The summed E-state index contributed by atoms with van der Waals surface area (Å²) < 4.78 is 50.2. The summed E-state index contributed by atoms with van der Waals surface area (Å²) in [5.41, 5.74) is 3.08. The molecule has 0 aliphatic carbocycles. The number of likely N-dealkylation sites (tertiary alicyclic amines) is 1. The van der Waals surface area contributed by atoms with Crippen molar-refractivity contribution in [1.29, 1.82) is 0 Å². The van der Waals surface area contributed by atoms with Crippen molar-refractivity contribution < 1.29 is 27.1 Å². The maximum absolute atomic E-state index is 13.5. The second kappa shape index (κ2) is 14.4. The summed E-state index contributed by atoms with van der Waals surface area (Å²) >= 11 is 0. The molecule has 236 valence electrons. The lowest BCUT2D eigenvalue weighted by molar-refractivity contribution is 0.119. The largest absolute Gasteiger partial charge is 0.496 e. The van der Waals surface area contributed by atoms with Gasteiger partial charge in [-0.25, -0.2) is 17.6 Å². The van der Waals surface area contributed by atoms with Crippen LogP contribution in [0.3, 0.4) is 0 Å². The average molecular weight is 633 g/mol. The molecule has 9 nitrogen and oxygen atoms in total. The Kier molecular flexibility index (Phi) is 10.2. The van der Waals surface area contributed by atoms with Crippen molar-refractivity contribution in [1.82, 2.24) is 9.80 Å². The van der Waals surface area contributed by atoms with E-state index in [1.165, 1.54) is 12.1 Å². The Morgan fingerprint density at radius 1 is 0.889 bits per heavy atom. The van der Waals surface area contributed by atoms with Gasteiger partial charge in [-0.15, -0.1) is 0 Å². The van der Waals surface area contributed by atoms with Gasteiger partial charge >= 0.3 is 6.03 Å². The molecule has 1 saturated heterocycles. The third kappa shape index (κ3) is 9.19. The van der Waals surface area contributed by atoms with Crippen LogP contribution in [0.15, 0.2) is 97.1 Å². The van der Waals surface area contributed by atoms with Crippen LogP contribution >= 0.6 is 0 Å². The number of amides is 2. The van der Waals surface area contributed by atoms with Crippen molar-refractivity contribution in [2.24, 2.45) is 0 Å². The smallest absolute Gasteiger partial charge is 0.322 e. The molecule has 0 radical (unpaired) electrons. The molecule has 5 rings (SSSR count). The number of ether oxygens (including phenoxy) is 2. The summed E-state index contributed by atoms with van der Waals surface area (Å²) in [6, 6.07) is 27.9. The van der Waals surface area contributed by atoms with E-state index in [4.69, 9.17) is 9.47 Å². The van der Waals surface area contributed by atoms with Crippen molar-refractivity contribution in [3.05, 3.63) is 114 Å². The quantitative estimate of drug-likeness (QED) is 0.191. The average Bonchev–Trinajstić information content (AvgIpc) is 3.03. The molecule has 0 saturated carbocycles. The Bertz CT molecular complexity index is 1680. The van der Waals surface area contributed by atoms with Crippen LogP contribution in [0.5, 0.6) is 17.2 Å². The SMILES string of the molecule is COc1ccccc1CN(C(=O)Nc1ccc(F)cc1)C1CCN(Cc2ccc(Oc3ccc(NS(C)(=O)=O)cc3)cc2)CC1. The standard InChI is InChI=1S/C34H37FN4O5S/c1-43-33-6-4-3-5-26(33)24-39(34(40)36-28-11-9-27(35)10-12-28)30-19-21-38(22-20-30)23-25-7-15-31(16-8-25)44-32-17-13-29(14-18-32)37-45(2,41)42/h3-18,30,37H,19-24H2,1-2H3,(H,36,40). The number of piperidine rings is 1. The number of halogens is 1. The fourth-order valence-electron chi connectivity index (χ4n) is 5.36. The van der Waals surface area contributed by atoms with Crippen LogP contribution < -0.4 is 19.5 Å². The number of rotatable bonds is 11. The summed E-state index contributed by atoms with van der Waals surface area (Å²) in [6.07, 6.45) is 2.71. The van der Waals surface area contributed by atoms with Crippen LogP contribution in [0.2, 0.25) is 0 Å². The highest BCUT2D eigenvalue weighted by Gasteiger charge is 2.29. The summed E-state index contributed by atoms with van der Waals surface area (Å²) in [7, 11) is -1.71. The summed E-state index contributed by atoms with van der Waals surface area (Å²) in [5, 5.41) is 2.94. The topological polar surface area (TPSA) is 100 Å². The predicted octanol–water partition coefficient (Wildman–Crippen LogP) is 6.70. The van der Waals surface area contributed by atoms with E-state index in [0.717, 1.165) is 55.6 Å². The molecule has 2 N–H and O–H groups in total. The van der Waals surface area contributed by atoms with Crippen LogP contribution in [0.4, 0.5) is 20.6 Å². The van der Waals surface area contributed by atoms with Crippen LogP contribution in [0.25, 0.3) is 0 Å². The fourth-order valence-corrected chi connectivity index (χ4v) is 5.93. The van der Waals surface area contributed by atoms with Gasteiger partial charge in [0.15, 0.2) is 0 Å². The third-order valence-electron chi connectivity index (χ3n) is 7.61. The number of carbonyl (C=O) groups is 1. The molecule has 2 amide bonds. The van der Waals surface area contributed by atoms with Gasteiger partial charge in [-0.1, -0.05) is 30.3 Å². The lowest BCUT2D eigenvalue weighted by atomic mass is 10.0. The van der Waals surface area contributed by atoms with E-state index in [2.05, 4.69) is 14.9 Å². The molecule has 1 heterocycles. The van der Waals surface area contributed by atoms with Crippen molar-refractivity contribution in [2.45, 2.75) is 32.0 Å². The number of methoxy groups -OCH3 is 1. The van der Waals surface area contributed by atoms with Crippen LogP contribution in [-0.2, 0) is 23.1 Å². The van der Waals surface area contributed by atoms with E-state index in [1.807, 2.05) is 53.4 Å². The van der Waals surface area contributed by atoms with Gasteiger partial charge < -0.3 is 19.7 Å². The van der Waals surface area contributed by atoms with Crippen LogP contribution in [0.1, 0.15) is 24.0 Å². The molecule has 1 fully saturated rings. The highest BCUT2D eigenvalue weighted by molar-refractivity contribution is 7.92. The zero-order valence-electron chi connectivity index (χ0n) is 25.3. The number of sulfonamides is 1. The van der Waals surface area contributed by atoms with Crippen molar-refractivity contribution >= 4 is 27.4 Å². The van der Waals surface area contributed by atoms with Gasteiger partial charge in [0.2, 0.25) is 10.0 Å². The van der Waals surface area contributed by atoms with Gasteiger partial charge in [0.05, 0.1) is 19.9 Å². The number of para-hydroxylation sites is 1. The Hall–Kier alpha value is -4.61. The van der Waals surface area contributed by atoms with E-state index in [-0.39, 0.29) is 17.9 Å². The third-order valence-corrected chi connectivity index (χ3v) is 8.22. The molecule has 0 bridgehead atoms. The Labute approximate surface area is 263 Å². The number of benzene rings is 4. The first-order valence-corrected chi connectivity index (χ1v) is 16.6. The van der Waals surface area contributed by atoms with E-state index in [0.29, 0.717) is 29.4 Å². The maximum Gasteiger partial charge on any atom is 0.322 e. The van der Waals surface area contributed by atoms with E-state index < -0.39 is 10.0 Å². The minimum atomic E-state index is -3.34. The Balaban J connectivity index is 1.18. The second-order valence-electron chi connectivity index (χ2n) is 11.0. The number of nitrogens with zero attached hydrogens (tertiary/aromatic N) is 2. The molecular formula is C34H37FN4O5S. The molecule has 11 heteroatoms. The Morgan fingerprint density at radius 2 is 1.49 bits per heavy atom. The minimum Gasteiger partial charge on any atom is -0.496 e. The monoisotopic (exact) mass is 632 g/mol. The fraction of sp³-hybridized carbons (Fsp3) is 0.265. The lowest BCUT2D eigenvalue weighted by Crippen LogP contribution is -2.48. The number of carbonyl (C=O) groups excluding carboxylic acids is 1. The zero-order chi connectivity index (χ0) is 31.8. The number of nitrogens with one attached hydrogen (secondary N) is 2. The highest BCUT2D eigenvalue weighted by atomic mass is 32.2. The molecule has 0 atom stereocenters. The van der Waals surface area contributed by atoms with Crippen molar-refractivity contribution in [3.63, 3.8) is 0 Å². The molecule has 0 unspecified atom stereocenters. The summed E-state index contributed by atoms with van der Waals surface area (Å²) in [5.74, 6) is 1.65. The molecule has 1 aliphatic heterocycles. The second-order valence-corrected chi connectivity index (χ2v) is 12.8.